The van der Waals surface area contributed by atoms with E-state index in [1.165, 1.54) is 0 Å². The van der Waals surface area contributed by atoms with E-state index in [1.807, 2.05) is 42.8 Å². The normalized spacial score (nSPS) is 11.1. The summed E-state index contributed by atoms with van der Waals surface area (Å²) in [7, 11) is 0. The van der Waals surface area contributed by atoms with Crippen LogP contribution in [-0.2, 0) is 0 Å². The van der Waals surface area contributed by atoms with Gasteiger partial charge in [-0.3, -0.25) is 4.79 Å². The first-order chi connectivity index (χ1) is 9.09. The third-order valence-electron chi connectivity index (χ3n) is 3.48. The molecular formula is C14H14N4O. The Labute approximate surface area is 109 Å². The lowest BCUT2D eigenvalue weighted by Crippen LogP contribution is -2.14. The van der Waals surface area contributed by atoms with Crippen LogP contribution in [0.25, 0.3) is 16.8 Å². The van der Waals surface area contributed by atoms with E-state index < -0.39 is 0 Å². The molecule has 96 valence electrons. The van der Waals surface area contributed by atoms with Gasteiger partial charge in [0.25, 0.3) is 5.56 Å². The highest BCUT2D eigenvalue weighted by atomic mass is 16.1. The lowest BCUT2D eigenvalue weighted by atomic mass is 10.0. The average molecular weight is 254 g/mol. The summed E-state index contributed by atoms with van der Waals surface area (Å²) in [6.45, 7) is 5.67. The highest BCUT2D eigenvalue weighted by Crippen LogP contribution is 2.28. The molecule has 0 amide bonds. The molecule has 0 spiro atoms. The summed E-state index contributed by atoms with van der Waals surface area (Å²) in [6, 6.07) is 5.90. The van der Waals surface area contributed by atoms with Gasteiger partial charge in [0.05, 0.1) is 22.5 Å². The van der Waals surface area contributed by atoms with Crippen LogP contribution < -0.4 is 5.56 Å². The number of aromatic amines is 1. The van der Waals surface area contributed by atoms with E-state index in [4.69, 9.17) is 0 Å². The molecule has 0 aliphatic heterocycles. The molecule has 3 aromatic rings. The molecule has 0 aromatic carbocycles. The van der Waals surface area contributed by atoms with Crippen LogP contribution >= 0.6 is 0 Å². The van der Waals surface area contributed by atoms with Crippen LogP contribution in [-0.4, -0.2) is 19.8 Å². The van der Waals surface area contributed by atoms with Crippen molar-refractivity contribution in [1.29, 1.82) is 0 Å². The predicted molar refractivity (Wildman–Crippen MR) is 73.3 cm³/mol. The lowest BCUT2D eigenvalue weighted by molar-refractivity contribution is 0.933. The van der Waals surface area contributed by atoms with Gasteiger partial charge in [0, 0.05) is 11.8 Å². The molecule has 0 unspecified atom stereocenters. The first-order valence-corrected chi connectivity index (χ1v) is 6.10. The summed E-state index contributed by atoms with van der Waals surface area (Å²) in [5.41, 5.74) is 5.09. The monoisotopic (exact) mass is 254 g/mol. The second-order valence-electron chi connectivity index (χ2n) is 4.64. The van der Waals surface area contributed by atoms with Crippen LogP contribution in [0.3, 0.4) is 0 Å². The van der Waals surface area contributed by atoms with Gasteiger partial charge in [-0.15, -0.1) is 0 Å². The van der Waals surface area contributed by atoms with E-state index in [1.54, 1.807) is 6.92 Å². The number of rotatable bonds is 1. The summed E-state index contributed by atoms with van der Waals surface area (Å²) in [5.74, 6) is 0. The summed E-state index contributed by atoms with van der Waals surface area (Å²) in [6.07, 6.45) is 1.90. The Balaban J connectivity index is 2.40. The molecule has 0 atom stereocenters. The molecule has 0 bridgehead atoms. The van der Waals surface area contributed by atoms with Crippen molar-refractivity contribution in [3.8, 4) is 11.3 Å². The molecule has 3 heterocycles. The molecule has 0 saturated heterocycles. The quantitative estimate of drug-likeness (QED) is 0.722. The summed E-state index contributed by atoms with van der Waals surface area (Å²) < 4.78 is 1.83. The van der Waals surface area contributed by atoms with Crippen LogP contribution in [0.4, 0.5) is 0 Å². The molecule has 5 heteroatoms. The number of nitrogens with one attached hydrogen (secondary N) is 1. The van der Waals surface area contributed by atoms with Gasteiger partial charge in [-0.25, -0.2) is 9.61 Å². The zero-order chi connectivity index (χ0) is 13.6. The second kappa shape index (κ2) is 4.05. The highest BCUT2D eigenvalue weighted by molar-refractivity contribution is 5.81. The van der Waals surface area contributed by atoms with Crippen molar-refractivity contribution in [3.63, 3.8) is 0 Å². The van der Waals surface area contributed by atoms with Crippen molar-refractivity contribution < 1.29 is 0 Å². The number of aromatic nitrogens is 4. The second-order valence-corrected chi connectivity index (χ2v) is 4.64. The summed E-state index contributed by atoms with van der Waals surface area (Å²) in [5, 5.41) is 11.2. The maximum absolute atomic E-state index is 11.6. The van der Waals surface area contributed by atoms with E-state index in [-0.39, 0.29) is 5.56 Å². The van der Waals surface area contributed by atoms with Crippen molar-refractivity contribution in [2.75, 3.05) is 0 Å². The van der Waals surface area contributed by atoms with E-state index >= 15 is 0 Å². The van der Waals surface area contributed by atoms with Crippen LogP contribution in [0.5, 0.6) is 0 Å². The van der Waals surface area contributed by atoms with Gasteiger partial charge in [-0.05, 0) is 38.5 Å². The predicted octanol–water partition coefficient (Wildman–Crippen LogP) is 2.01. The number of H-pyrrole nitrogens is 1. The SMILES string of the molecule is Cc1nn2ccccc2c1-c1n[nH]c(=O)c(C)c1C. The smallest absolute Gasteiger partial charge is 0.267 e. The lowest BCUT2D eigenvalue weighted by Gasteiger charge is -2.06. The first kappa shape index (κ1) is 11.6. The highest BCUT2D eigenvalue weighted by Gasteiger charge is 2.16. The van der Waals surface area contributed by atoms with Crippen LogP contribution in [0, 0.1) is 20.8 Å². The number of hydrogen-bond acceptors (Lipinski definition) is 3. The van der Waals surface area contributed by atoms with Gasteiger partial charge in [0.2, 0.25) is 0 Å². The van der Waals surface area contributed by atoms with Crippen molar-refractivity contribution in [1.82, 2.24) is 19.8 Å². The Bertz CT molecular complexity index is 829. The van der Waals surface area contributed by atoms with E-state index in [2.05, 4.69) is 15.3 Å². The maximum atomic E-state index is 11.6. The standard InChI is InChI=1S/C14H14N4O/c1-8-9(2)14(19)16-15-13(8)12-10(3)17-18-7-5-4-6-11(12)18/h4-7H,1-3H3,(H,16,19). The van der Waals surface area contributed by atoms with Gasteiger partial charge < -0.3 is 0 Å². The topological polar surface area (TPSA) is 63.1 Å². The molecular weight excluding hydrogens is 240 g/mol. The largest absolute Gasteiger partial charge is 0.268 e. The van der Waals surface area contributed by atoms with Crippen LogP contribution in [0.1, 0.15) is 16.8 Å². The fourth-order valence-electron chi connectivity index (χ4n) is 2.27. The third kappa shape index (κ3) is 1.66. The number of nitrogens with zero attached hydrogens (tertiary/aromatic N) is 3. The molecule has 3 rings (SSSR count). The van der Waals surface area contributed by atoms with Gasteiger partial charge in [0.1, 0.15) is 0 Å². The van der Waals surface area contributed by atoms with Crippen molar-refractivity contribution in [2.24, 2.45) is 0 Å². The fraction of sp³-hybridized carbons (Fsp3) is 0.214. The Morgan fingerprint density at radius 3 is 2.74 bits per heavy atom. The zero-order valence-corrected chi connectivity index (χ0v) is 11.1. The van der Waals surface area contributed by atoms with Crippen molar-refractivity contribution in [2.45, 2.75) is 20.8 Å². The van der Waals surface area contributed by atoms with Crippen molar-refractivity contribution in [3.05, 3.63) is 51.6 Å². The molecule has 0 aliphatic carbocycles. The minimum absolute atomic E-state index is 0.143. The van der Waals surface area contributed by atoms with Gasteiger partial charge in [0.15, 0.2) is 0 Å². The zero-order valence-electron chi connectivity index (χ0n) is 11.1. The minimum Gasteiger partial charge on any atom is -0.268 e. The Hall–Kier alpha value is -2.43. The molecule has 1 N–H and O–H groups in total. The Morgan fingerprint density at radius 1 is 1.16 bits per heavy atom. The first-order valence-electron chi connectivity index (χ1n) is 6.10. The summed E-state index contributed by atoms with van der Waals surface area (Å²) >= 11 is 0. The van der Waals surface area contributed by atoms with Crippen molar-refractivity contribution >= 4 is 5.52 Å². The molecule has 0 radical (unpaired) electrons. The average Bonchev–Trinajstić information content (AvgIpc) is 2.73. The van der Waals surface area contributed by atoms with Gasteiger partial charge in [-0.1, -0.05) is 6.07 Å². The molecule has 19 heavy (non-hydrogen) atoms. The van der Waals surface area contributed by atoms with E-state index in [0.29, 0.717) is 5.56 Å². The Morgan fingerprint density at radius 2 is 1.95 bits per heavy atom. The molecule has 0 fully saturated rings. The van der Waals surface area contributed by atoms with Gasteiger partial charge in [-0.2, -0.15) is 10.2 Å². The molecule has 0 saturated carbocycles. The van der Waals surface area contributed by atoms with Crippen LogP contribution in [0.2, 0.25) is 0 Å². The van der Waals surface area contributed by atoms with Gasteiger partial charge >= 0.3 is 0 Å². The van der Waals surface area contributed by atoms with E-state index in [0.717, 1.165) is 28.0 Å². The molecule has 3 aromatic heterocycles. The maximum Gasteiger partial charge on any atom is 0.267 e. The van der Waals surface area contributed by atoms with E-state index in [9.17, 15) is 4.79 Å². The van der Waals surface area contributed by atoms with Crippen LogP contribution in [0.15, 0.2) is 29.2 Å². The number of pyridine rings is 1. The number of hydrogen-bond donors (Lipinski definition) is 1. The number of fused-ring (bicyclic) bond motifs is 1. The third-order valence-corrected chi connectivity index (χ3v) is 3.48. The molecule has 0 aliphatic rings. The molecule has 5 nitrogen and oxygen atoms in total. The number of aryl methyl sites for hydroxylation is 1. The Kier molecular flexibility index (Phi) is 2.48. The minimum atomic E-state index is -0.143. The fourth-order valence-corrected chi connectivity index (χ4v) is 2.27. The summed E-state index contributed by atoms with van der Waals surface area (Å²) in [4.78, 5) is 11.6.